The smallest absolute Gasteiger partial charge is 0.254 e. The van der Waals surface area contributed by atoms with Crippen molar-refractivity contribution in [1.29, 1.82) is 0 Å². The third-order valence-electron chi connectivity index (χ3n) is 1.80. The largest absolute Gasteiger partial charge is 0.348 e. The van der Waals surface area contributed by atoms with Crippen molar-refractivity contribution >= 4 is 21.8 Å². The highest BCUT2D eigenvalue weighted by Gasteiger charge is 2.23. The van der Waals surface area contributed by atoms with Gasteiger partial charge >= 0.3 is 0 Å². The van der Waals surface area contributed by atoms with E-state index in [1.807, 2.05) is 0 Å². The summed E-state index contributed by atoms with van der Waals surface area (Å²) in [5.74, 6) is -0.788. The molecule has 1 aromatic rings. The van der Waals surface area contributed by atoms with Crippen molar-refractivity contribution in [2.75, 3.05) is 0 Å². The van der Waals surface area contributed by atoms with Crippen LogP contribution in [0, 0.1) is 5.82 Å². The number of carbonyl (C=O) groups is 1. The maximum atomic E-state index is 13.1. The quantitative estimate of drug-likeness (QED) is 0.723. The molecule has 1 aliphatic rings. The van der Waals surface area contributed by atoms with Gasteiger partial charge in [-0.25, -0.2) is 4.39 Å². The molecule has 0 aromatic heterocycles. The molecule has 0 unspecified atom stereocenters. The summed E-state index contributed by atoms with van der Waals surface area (Å²) in [4.78, 5) is 11.0. The van der Waals surface area contributed by atoms with Crippen LogP contribution in [0.4, 0.5) is 4.39 Å². The molecule has 0 bridgehead atoms. The Morgan fingerprint density at radius 1 is 1.50 bits per heavy atom. The highest BCUT2D eigenvalue weighted by atomic mass is 79.9. The van der Waals surface area contributed by atoms with Crippen LogP contribution in [0.2, 0.25) is 0 Å². The van der Waals surface area contributed by atoms with Crippen LogP contribution in [0.15, 0.2) is 16.6 Å². The fourth-order valence-corrected chi connectivity index (χ4v) is 1.76. The third-order valence-corrected chi connectivity index (χ3v) is 2.26. The van der Waals surface area contributed by atoms with E-state index in [9.17, 15) is 9.18 Å². The standard InChI is InChI=1S/C8H5BrFNO/c9-5-1-4-3-11-8(12)7(4)6(10)2-5/h1-2H,3H2,(H,11,12). The lowest BCUT2D eigenvalue weighted by Crippen LogP contribution is -2.13. The Morgan fingerprint density at radius 2 is 2.25 bits per heavy atom. The summed E-state index contributed by atoms with van der Waals surface area (Å²) in [6.07, 6.45) is 0. The van der Waals surface area contributed by atoms with Gasteiger partial charge in [0.05, 0.1) is 5.56 Å². The zero-order chi connectivity index (χ0) is 8.72. The van der Waals surface area contributed by atoms with Crippen LogP contribution < -0.4 is 5.32 Å². The van der Waals surface area contributed by atoms with Crippen molar-refractivity contribution in [3.05, 3.63) is 33.5 Å². The topological polar surface area (TPSA) is 29.1 Å². The van der Waals surface area contributed by atoms with Gasteiger partial charge in [0.25, 0.3) is 5.91 Å². The van der Waals surface area contributed by atoms with Gasteiger partial charge in [-0.05, 0) is 17.7 Å². The van der Waals surface area contributed by atoms with E-state index in [-0.39, 0.29) is 11.5 Å². The fourth-order valence-electron chi connectivity index (χ4n) is 1.28. The average molecular weight is 230 g/mol. The first-order chi connectivity index (χ1) is 5.68. The summed E-state index contributed by atoms with van der Waals surface area (Å²) in [7, 11) is 0. The molecule has 0 aliphatic carbocycles. The van der Waals surface area contributed by atoms with Crippen molar-refractivity contribution in [2.45, 2.75) is 6.54 Å². The number of carbonyl (C=O) groups excluding carboxylic acids is 1. The second-order valence-corrected chi connectivity index (χ2v) is 3.52. The molecule has 62 valence electrons. The number of halogens is 2. The molecule has 0 saturated carbocycles. The molecular weight excluding hydrogens is 225 g/mol. The summed E-state index contributed by atoms with van der Waals surface area (Å²) in [5, 5.41) is 2.55. The van der Waals surface area contributed by atoms with Crippen LogP contribution in [-0.4, -0.2) is 5.91 Å². The van der Waals surface area contributed by atoms with Gasteiger partial charge in [0.1, 0.15) is 5.82 Å². The van der Waals surface area contributed by atoms with E-state index >= 15 is 0 Å². The van der Waals surface area contributed by atoms with E-state index in [4.69, 9.17) is 0 Å². The summed E-state index contributed by atoms with van der Waals surface area (Å²) >= 11 is 3.16. The summed E-state index contributed by atoms with van der Waals surface area (Å²) in [6.45, 7) is 0.421. The lowest BCUT2D eigenvalue weighted by Gasteiger charge is -1.97. The van der Waals surface area contributed by atoms with Gasteiger partial charge in [0.2, 0.25) is 0 Å². The highest BCUT2D eigenvalue weighted by Crippen LogP contribution is 2.23. The normalized spacial score (nSPS) is 14.3. The molecule has 0 fully saturated rings. The first-order valence-electron chi connectivity index (χ1n) is 3.44. The molecule has 0 spiro atoms. The summed E-state index contributed by atoms with van der Waals surface area (Å²) in [5.41, 5.74) is 0.894. The molecule has 1 N–H and O–H groups in total. The van der Waals surface area contributed by atoms with E-state index in [1.54, 1.807) is 6.07 Å². The van der Waals surface area contributed by atoms with Crippen LogP contribution >= 0.6 is 15.9 Å². The van der Waals surface area contributed by atoms with Crippen LogP contribution in [0.1, 0.15) is 15.9 Å². The fraction of sp³-hybridized carbons (Fsp3) is 0.125. The lowest BCUT2D eigenvalue weighted by molar-refractivity contribution is 0.0962. The van der Waals surface area contributed by atoms with Crippen molar-refractivity contribution < 1.29 is 9.18 Å². The first-order valence-corrected chi connectivity index (χ1v) is 4.24. The van der Waals surface area contributed by atoms with E-state index in [1.165, 1.54) is 6.07 Å². The monoisotopic (exact) mass is 229 g/mol. The molecule has 1 aromatic carbocycles. The molecule has 2 nitrogen and oxygen atoms in total. The maximum Gasteiger partial charge on any atom is 0.254 e. The second kappa shape index (κ2) is 2.55. The first kappa shape index (κ1) is 7.73. The Hall–Kier alpha value is -0.900. The minimum Gasteiger partial charge on any atom is -0.348 e. The van der Waals surface area contributed by atoms with E-state index in [0.717, 1.165) is 0 Å². The number of nitrogens with one attached hydrogen (secondary N) is 1. The summed E-state index contributed by atoms with van der Waals surface area (Å²) < 4.78 is 13.8. The van der Waals surface area contributed by atoms with Gasteiger partial charge < -0.3 is 5.32 Å². The molecular formula is C8H5BrFNO. The Labute approximate surface area is 76.9 Å². The molecule has 1 heterocycles. The van der Waals surface area contributed by atoms with Crippen molar-refractivity contribution in [3.8, 4) is 0 Å². The van der Waals surface area contributed by atoms with Crippen LogP contribution in [0.3, 0.4) is 0 Å². The van der Waals surface area contributed by atoms with Crippen molar-refractivity contribution in [2.24, 2.45) is 0 Å². The zero-order valence-corrected chi connectivity index (χ0v) is 7.61. The molecule has 0 atom stereocenters. The van der Waals surface area contributed by atoms with Gasteiger partial charge in [-0.3, -0.25) is 4.79 Å². The highest BCUT2D eigenvalue weighted by molar-refractivity contribution is 9.10. The predicted molar refractivity (Wildman–Crippen MR) is 45.3 cm³/mol. The van der Waals surface area contributed by atoms with Crippen LogP contribution in [0.5, 0.6) is 0 Å². The average Bonchev–Trinajstić information content (AvgIpc) is 2.31. The van der Waals surface area contributed by atoms with Gasteiger partial charge in [-0.15, -0.1) is 0 Å². The Bertz CT molecular complexity index is 364. The number of hydrogen-bond donors (Lipinski definition) is 1. The van der Waals surface area contributed by atoms with E-state index in [0.29, 0.717) is 16.6 Å². The predicted octanol–water partition coefficient (Wildman–Crippen LogP) is 1.83. The third kappa shape index (κ3) is 1.03. The molecule has 1 amide bonds. The van der Waals surface area contributed by atoms with E-state index < -0.39 is 5.82 Å². The number of rotatable bonds is 0. The van der Waals surface area contributed by atoms with Crippen LogP contribution in [0.25, 0.3) is 0 Å². The molecule has 0 saturated heterocycles. The van der Waals surface area contributed by atoms with Gasteiger partial charge in [0, 0.05) is 11.0 Å². The Kier molecular flexibility index (Phi) is 1.65. The lowest BCUT2D eigenvalue weighted by atomic mass is 10.1. The van der Waals surface area contributed by atoms with Crippen LogP contribution in [-0.2, 0) is 6.54 Å². The van der Waals surface area contributed by atoms with Gasteiger partial charge in [0.15, 0.2) is 0 Å². The number of hydrogen-bond acceptors (Lipinski definition) is 1. The number of amides is 1. The van der Waals surface area contributed by atoms with Gasteiger partial charge in [-0.2, -0.15) is 0 Å². The molecule has 4 heteroatoms. The Balaban J connectivity index is 2.68. The number of benzene rings is 1. The number of fused-ring (bicyclic) bond motifs is 1. The van der Waals surface area contributed by atoms with Gasteiger partial charge in [-0.1, -0.05) is 15.9 Å². The van der Waals surface area contributed by atoms with E-state index in [2.05, 4.69) is 21.2 Å². The molecule has 1 aliphatic heterocycles. The maximum absolute atomic E-state index is 13.1. The minimum atomic E-state index is -0.464. The minimum absolute atomic E-state index is 0.179. The SMILES string of the molecule is O=C1NCc2cc(Br)cc(F)c21. The molecule has 0 radical (unpaired) electrons. The van der Waals surface area contributed by atoms with Crippen molar-refractivity contribution in [3.63, 3.8) is 0 Å². The van der Waals surface area contributed by atoms with Crippen molar-refractivity contribution in [1.82, 2.24) is 5.32 Å². The molecule has 2 rings (SSSR count). The zero-order valence-electron chi connectivity index (χ0n) is 6.03. The second-order valence-electron chi connectivity index (χ2n) is 2.60. The Morgan fingerprint density at radius 3 is 3.00 bits per heavy atom. The summed E-state index contributed by atoms with van der Waals surface area (Å²) in [6, 6.07) is 3.04. The molecule has 12 heavy (non-hydrogen) atoms.